The molecule has 0 spiro atoms. The van der Waals surface area contributed by atoms with E-state index in [-0.39, 0.29) is 49.9 Å². The summed E-state index contributed by atoms with van der Waals surface area (Å²) >= 11 is 0. The second-order valence-corrected chi connectivity index (χ2v) is 1.05. The average molecular weight is 282 g/mol. The Kier molecular flexibility index (Phi) is 10.8. The summed E-state index contributed by atoms with van der Waals surface area (Å²) in [7, 11) is 0. The summed E-state index contributed by atoms with van der Waals surface area (Å²) in [6.07, 6.45) is -0.417. The monoisotopic (exact) mass is 282 g/mol. The summed E-state index contributed by atoms with van der Waals surface area (Å²) in [4.78, 5) is 0. The summed E-state index contributed by atoms with van der Waals surface area (Å²) in [5.74, 6) is 0. The third-order valence-electron chi connectivity index (χ3n) is 0. The molecule has 0 unspecified atom stereocenters. The van der Waals surface area contributed by atoms with Gasteiger partial charge in [0.05, 0.1) is 0 Å². The van der Waals surface area contributed by atoms with Crippen LogP contribution >= 0.6 is 0 Å². The van der Waals surface area contributed by atoms with E-state index in [1.54, 1.807) is 13.8 Å². The molecule has 1 nitrogen and oxygen atoms in total. The zero-order valence-electron chi connectivity index (χ0n) is 3.99. The van der Waals surface area contributed by atoms with E-state index < -0.39 is 6.10 Å². The van der Waals surface area contributed by atoms with E-state index in [4.69, 9.17) is 0 Å². The van der Waals surface area contributed by atoms with Crippen molar-refractivity contribution in [3.8, 4) is 0 Å². The first-order valence-electron chi connectivity index (χ1n) is 1.39. The van der Waals surface area contributed by atoms with Gasteiger partial charge in [-0.1, -0.05) is 13.8 Å². The molecule has 0 atom stereocenters. The zero-order valence-corrected chi connectivity index (χ0v) is 12.2. The van der Waals surface area contributed by atoms with Crippen molar-refractivity contribution in [2.24, 2.45) is 0 Å². The topological polar surface area (TPSA) is 23.1 Å². The Balaban J connectivity index is 0. The van der Waals surface area contributed by atoms with E-state index in [2.05, 4.69) is 0 Å². The van der Waals surface area contributed by atoms with Crippen LogP contribution in [0.5, 0.6) is 0 Å². The molecule has 0 heterocycles. The van der Waals surface area contributed by atoms with E-state index in [9.17, 15) is 5.11 Å². The van der Waals surface area contributed by atoms with Crippen molar-refractivity contribution in [1.82, 2.24) is 0 Å². The van der Waals surface area contributed by atoms with Crippen molar-refractivity contribution < 1.29 is 55.0 Å². The van der Waals surface area contributed by atoms with Gasteiger partial charge >= 0.3 is 49.9 Å². The molecule has 0 fully saturated rings. The van der Waals surface area contributed by atoms with Gasteiger partial charge in [0, 0.05) is 0 Å². The second kappa shape index (κ2) is 5.56. The minimum Gasteiger partial charge on any atom is -0.852 e. The second-order valence-electron chi connectivity index (χ2n) is 1.05. The van der Waals surface area contributed by atoms with Crippen LogP contribution in [0, 0.1) is 49.9 Å². The third kappa shape index (κ3) is 29.0. The van der Waals surface area contributed by atoms with Gasteiger partial charge in [-0.15, -0.1) is 6.10 Å². The van der Waals surface area contributed by atoms with Crippen LogP contribution in [0.1, 0.15) is 13.8 Å². The Morgan fingerprint density at radius 1 is 1.40 bits per heavy atom. The fraction of sp³-hybridized carbons (Fsp3) is 1.00. The summed E-state index contributed by atoms with van der Waals surface area (Å²) in [6, 6.07) is 0. The molecule has 0 aliphatic heterocycles. The maximum absolute atomic E-state index is 9.53. The van der Waals surface area contributed by atoms with Gasteiger partial charge in [0.15, 0.2) is 0 Å². The van der Waals surface area contributed by atoms with E-state index in [0.717, 1.165) is 0 Å². The molecule has 0 aromatic heterocycles. The molecule has 0 amide bonds. The Hall–Kier alpha value is 1.56. The molecule has 0 aromatic carbocycles. The minimum atomic E-state index is -0.417. The fourth-order valence-electron chi connectivity index (χ4n) is 0. The molecule has 0 rings (SSSR count). The van der Waals surface area contributed by atoms with E-state index in [1.165, 1.54) is 0 Å². The average Bonchev–Trinajstić information content (AvgIpc) is 0.811. The molecule has 0 radical (unpaired) electrons. The molecule has 0 bridgehead atoms. The van der Waals surface area contributed by atoms with Crippen LogP contribution in [-0.4, -0.2) is 6.10 Å². The largest absolute Gasteiger partial charge is 1.00 e. The van der Waals surface area contributed by atoms with Gasteiger partial charge in [-0.3, -0.25) is 0 Å². The third-order valence-corrected chi connectivity index (χ3v) is 0. The van der Waals surface area contributed by atoms with Crippen molar-refractivity contribution in [1.29, 1.82) is 0 Å². The zero-order chi connectivity index (χ0) is 3.58. The van der Waals surface area contributed by atoms with Crippen LogP contribution in [0.15, 0.2) is 0 Å². The molecule has 0 saturated carbocycles. The van der Waals surface area contributed by atoms with Crippen LogP contribution < -0.4 is 5.11 Å². The van der Waals surface area contributed by atoms with Crippen LogP contribution in [-0.2, 0) is 0 Å². The fourth-order valence-corrected chi connectivity index (χ4v) is 0. The maximum Gasteiger partial charge on any atom is 1.00 e. The van der Waals surface area contributed by atoms with Gasteiger partial charge in [0.25, 0.3) is 0 Å². The SMILES string of the molecule is CC(C)[O-].[Fr+]. The first-order chi connectivity index (χ1) is 1.73. The number of hydrogen-bond acceptors (Lipinski definition) is 1. The van der Waals surface area contributed by atoms with Crippen molar-refractivity contribution in [2.45, 2.75) is 20.0 Å². The van der Waals surface area contributed by atoms with Gasteiger partial charge in [0.2, 0.25) is 0 Å². The normalized spacial score (nSPS) is 7.20. The molecular weight excluding hydrogens is 275 g/mol. The number of rotatable bonds is 0. The summed E-state index contributed by atoms with van der Waals surface area (Å²) in [5.41, 5.74) is 0. The van der Waals surface area contributed by atoms with Gasteiger partial charge in [-0.05, 0) is 0 Å². The van der Waals surface area contributed by atoms with Gasteiger partial charge < -0.3 is 5.11 Å². The number of hydrogen-bond donors (Lipinski definition) is 0. The Morgan fingerprint density at radius 2 is 1.40 bits per heavy atom. The standard InChI is InChI=1S/C3H7O.Fr/c1-3(2)4;/h3H,1-2H3;/q-1;+1. The van der Waals surface area contributed by atoms with Crippen LogP contribution in [0.25, 0.3) is 0 Å². The van der Waals surface area contributed by atoms with Gasteiger partial charge in [-0.25, -0.2) is 0 Å². The molecule has 0 aliphatic carbocycles. The van der Waals surface area contributed by atoms with Crippen LogP contribution in [0.3, 0.4) is 0 Å². The molecule has 5 heavy (non-hydrogen) atoms. The molecule has 0 N–H and O–H groups in total. The van der Waals surface area contributed by atoms with Crippen molar-refractivity contribution >= 4 is 0 Å². The first kappa shape index (κ1) is 9.75. The smallest absolute Gasteiger partial charge is 0.852 e. The van der Waals surface area contributed by atoms with Crippen molar-refractivity contribution in [2.75, 3.05) is 0 Å². The van der Waals surface area contributed by atoms with Crippen LogP contribution in [0.2, 0.25) is 0 Å². The molecular formula is C3H7FrO. The quantitative estimate of drug-likeness (QED) is 0.601. The molecule has 2 heteroatoms. The molecule has 0 aromatic rings. The maximum atomic E-state index is 9.53. The first-order valence-corrected chi connectivity index (χ1v) is 1.39. The van der Waals surface area contributed by atoms with Gasteiger partial charge in [0.1, 0.15) is 0 Å². The summed E-state index contributed by atoms with van der Waals surface area (Å²) in [6.45, 7) is 3.22. The molecule has 26 valence electrons. The molecule has 0 aliphatic rings. The van der Waals surface area contributed by atoms with E-state index in [0.29, 0.717) is 0 Å². The van der Waals surface area contributed by atoms with E-state index >= 15 is 0 Å². The Labute approximate surface area is 73.8 Å². The summed E-state index contributed by atoms with van der Waals surface area (Å²) in [5, 5.41) is 9.53. The van der Waals surface area contributed by atoms with Crippen molar-refractivity contribution in [3.63, 3.8) is 0 Å². The van der Waals surface area contributed by atoms with E-state index in [1.807, 2.05) is 0 Å². The van der Waals surface area contributed by atoms with Gasteiger partial charge in [-0.2, -0.15) is 0 Å². The minimum absolute atomic E-state index is 0. The summed E-state index contributed by atoms with van der Waals surface area (Å²) < 4.78 is 0. The Morgan fingerprint density at radius 3 is 1.40 bits per heavy atom. The Bertz CT molecular complexity index is 11.6. The van der Waals surface area contributed by atoms with Crippen molar-refractivity contribution in [3.05, 3.63) is 0 Å². The molecule has 0 saturated heterocycles. The van der Waals surface area contributed by atoms with Crippen LogP contribution in [0.4, 0.5) is 0 Å². The predicted octanol–water partition coefficient (Wildman–Crippen LogP) is -0.245. The predicted molar refractivity (Wildman–Crippen MR) is 15.1 cm³/mol.